The fourth-order valence-corrected chi connectivity index (χ4v) is 3.09. The molecule has 0 bridgehead atoms. The van der Waals surface area contributed by atoms with Crippen molar-refractivity contribution >= 4 is 40.7 Å². The van der Waals surface area contributed by atoms with Gasteiger partial charge in [0.25, 0.3) is 11.6 Å². The zero-order valence-corrected chi connectivity index (χ0v) is 16.0. The molecule has 1 N–H and O–H groups in total. The van der Waals surface area contributed by atoms with Crippen LogP contribution in [-0.4, -0.2) is 39.6 Å². The molecule has 1 heterocycles. The number of nitrogens with zero attached hydrogens (tertiary/aromatic N) is 3. The van der Waals surface area contributed by atoms with Gasteiger partial charge in [-0.25, -0.2) is 0 Å². The Labute approximate surface area is 166 Å². The number of rotatable bonds is 5. The molecular formula is C19H17N3O5S. The molecule has 8 nitrogen and oxygen atoms in total. The minimum atomic E-state index is -0.592. The average Bonchev–Trinajstić information content (AvgIpc) is 2.88. The van der Waals surface area contributed by atoms with Gasteiger partial charge in [0, 0.05) is 18.7 Å². The van der Waals surface area contributed by atoms with Crippen LogP contribution >= 0.6 is 12.2 Å². The number of nitro groups is 1. The van der Waals surface area contributed by atoms with E-state index in [9.17, 15) is 20.0 Å². The van der Waals surface area contributed by atoms with Crippen LogP contribution in [0.5, 0.6) is 11.5 Å². The topological polar surface area (TPSA) is 96.1 Å². The number of phenols is 1. The van der Waals surface area contributed by atoms with Gasteiger partial charge in [0.05, 0.1) is 23.3 Å². The number of ether oxygens (including phenoxy) is 1. The Kier molecular flexibility index (Phi) is 5.27. The lowest BCUT2D eigenvalue weighted by Crippen LogP contribution is -2.30. The largest absolute Gasteiger partial charge is 0.504 e. The highest BCUT2D eigenvalue weighted by Gasteiger charge is 2.37. The Morgan fingerprint density at radius 1 is 1.29 bits per heavy atom. The SMILES string of the molecule is CCOc1cc([N+](=O)[O-])cc(/C=C2/C(=O)N(c3ccccc3)C(=S)N2C)c1O. The monoisotopic (exact) mass is 399 g/mol. The summed E-state index contributed by atoms with van der Waals surface area (Å²) in [5.74, 6) is -0.716. The van der Waals surface area contributed by atoms with E-state index in [1.165, 1.54) is 21.9 Å². The fourth-order valence-electron chi connectivity index (χ4n) is 2.80. The van der Waals surface area contributed by atoms with E-state index in [0.29, 0.717) is 5.69 Å². The van der Waals surface area contributed by atoms with Crippen LogP contribution in [0.15, 0.2) is 48.2 Å². The van der Waals surface area contributed by atoms with Crippen LogP contribution in [0.4, 0.5) is 11.4 Å². The predicted octanol–water partition coefficient (Wildman–Crippen LogP) is 3.30. The quantitative estimate of drug-likeness (QED) is 0.357. The van der Waals surface area contributed by atoms with Crippen molar-refractivity contribution < 1.29 is 19.6 Å². The molecule has 9 heteroatoms. The van der Waals surface area contributed by atoms with E-state index in [1.807, 2.05) is 6.07 Å². The first-order chi connectivity index (χ1) is 13.3. The number of thiocarbonyl (C=S) groups is 1. The lowest BCUT2D eigenvalue weighted by atomic mass is 10.1. The third kappa shape index (κ3) is 3.39. The highest BCUT2D eigenvalue weighted by molar-refractivity contribution is 7.80. The molecule has 1 aliphatic heterocycles. The molecule has 144 valence electrons. The molecule has 2 aromatic rings. The average molecular weight is 399 g/mol. The number of carbonyl (C=O) groups excluding carboxylic acids is 1. The first kappa shape index (κ1) is 19.3. The Morgan fingerprint density at radius 3 is 2.57 bits per heavy atom. The van der Waals surface area contributed by atoms with Crippen LogP contribution in [0.3, 0.4) is 0 Å². The van der Waals surface area contributed by atoms with Gasteiger partial charge in [0.15, 0.2) is 16.6 Å². The summed E-state index contributed by atoms with van der Waals surface area (Å²) < 4.78 is 5.28. The van der Waals surface area contributed by atoms with Crippen LogP contribution < -0.4 is 9.64 Å². The van der Waals surface area contributed by atoms with E-state index >= 15 is 0 Å². The lowest BCUT2D eigenvalue weighted by Gasteiger charge is -2.16. The van der Waals surface area contributed by atoms with Crippen molar-refractivity contribution in [3.63, 3.8) is 0 Å². The van der Waals surface area contributed by atoms with Gasteiger partial charge in [-0.05, 0) is 37.4 Å². The molecule has 0 aliphatic carbocycles. The Hall–Kier alpha value is -3.46. The van der Waals surface area contributed by atoms with E-state index in [0.717, 1.165) is 6.07 Å². The number of carbonyl (C=O) groups is 1. The highest BCUT2D eigenvalue weighted by atomic mass is 32.1. The molecule has 3 rings (SSSR count). The molecule has 0 spiro atoms. The summed E-state index contributed by atoms with van der Waals surface area (Å²) in [4.78, 5) is 26.4. The lowest BCUT2D eigenvalue weighted by molar-refractivity contribution is -0.385. The normalized spacial score (nSPS) is 15.4. The summed E-state index contributed by atoms with van der Waals surface area (Å²) >= 11 is 5.38. The standard InChI is InChI=1S/C19H17N3O5S/c1-3-27-16-11-14(22(25)26)9-12(17(16)23)10-15-18(24)21(19(28)20(15)2)13-7-5-4-6-8-13/h4-11,23H,3H2,1-2H3/b15-10-. The molecule has 28 heavy (non-hydrogen) atoms. The second kappa shape index (κ2) is 7.65. The summed E-state index contributed by atoms with van der Waals surface area (Å²) in [6.45, 7) is 1.91. The smallest absolute Gasteiger partial charge is 0.281 e. The van der Waals surface area contributed by atoms with Crippen LogP contribution in [0, 0.1) is 10.1 Å². The fraction of sp³-hybridized carbons (Fsp3) is 0.158. The number of amides is 1. The summed E-state index contributed by atoms with van der Waals surface area (Å²) in [6, 6.07) is 11.2. The number of hydrogen-bond acceptors (Lipinski definition) is 6. The first-order valence-electron chi connectivity index (χ1n) is 8.38. The number of phenolic OH excluding ortho intramolecular Hbond substituents is 1. The van der Waals surface area contributed by atoms with Crippen molar-refractivity contribution in [2.24, 2.45) is 0 Å². The van der Waals surface area contributed by atoms with Gasteiger partial charge >= 0.3 is 0 Å². The highest BCUT2D eigenvalue weighted by Crippen LogP contribution is 2.37. The third-order valence-corrected chi connectivity index (χ3v) is 4.62. The number of non-ortho nitro benzene ring substituents is 1. The van der Waals surface area contributed by atoms with Gasteiger partial charge in [-0.1, -0.05) is 18.2 Å². The van der Waals surface area contributed by atoms with Gasteiger partial charge in [-0.2, -0.15) is 0 Å². The number of aromatic hydroxyl groups is 1. The Balaban J connectivity index is 2.09. The number of likely N-dealkylation sites (N-methyl/N-ethyl adjacent to an activating group) is 1. The van der Waals surface area contributed by atoms with E-state index in [2.05, 4.69) is 0 Å². The van der Waals surface area contributed by atoms with Crippen LogP contribution in [0.2, 0.25) is 0 Å². The van der Waals surface area contributed by atoms with E-state index in [-0.39, 0.29) is 40.2 Å². The van der Waals surface area contributed by atoms with E-state index in [4.69, 9.17) is 17.0 Å². The first-order valence-corrected chi connectivity index (χ1v) is 8.79. The second-order valence-corrected chi connectivity index (χ2v) is 6.28. The maximum Gasteiger partial charge on any atom is 0.281 e. The van der Waals surface area contributed by atoms with Crippen molar-refractivity contribution in [3.8, 4) is 11.5 Å². The number of anilines is 1. The minimum Gasteiger partial charge on any atom is -0.504 e. The Morgan fingerprint density at radius 2 is 1.96 bits per heavy atom. The Bertz CT molecular complexity index is 991. The summed E-state index contributed by atoms with van der Waals surface area (Å²) in [7, 11) is 1.62. The van der Waals surface area contributed by atoms with Gasteiger partial charge in [0.2, 0.25) is 0 Å². The maximum absolute atomic E-state index is 13.0. The third-order valence-electron chi connectivity index (χ3n) is 4.17. The molecule has 0 saturated carbocycles. The molecule has 1 saturated heterocycles. The second-order valence-electron chi connectivity index (χ2n) is 5.92. The molecule has 1 aliphatic rings. The number of para-hydroxylation sites is 1. The van der Waals surface area contributed by atoms with Crippen molar-refractivity contribution in [1.29, 1.82) is 0 Å². The molecule has 2 aromatic carbocycles. The van der Waals surface area contributed by atoms with Gasteiger partial charge in [-0.3, -0.25) is 19.8 Å². The molecule has 0 radical (unpaired) electrons. The van der Waals surface area contributed by atoms with Crippen LogP contribution in [-0.2, 0) is 4.79 Å². The predicted molar refractivity (Wildman–Crippen MR) is 108 cm³/mol. The van der Waals surface area contributed by atoms with Crippen LogP contribution in [0.25, 0.3) is 6.08 Å². The van der Waals surface area contributed by atoms with Crippen LogP contribution in [0.1, 0.15) is 12.5 Å². The van der Waals surface area contributed by atoms with E-state index in [1.54, 1.807) is 38.2 Å². The molecule has 1 fully saturated rings. The zero-order valence-electron chi connectivity index (χ0n) is 15.2. The summed E-state index contributed by atoms with van der Waals surface area (Å²) in [5, 5.41) is 21.9. The zero-order chi connectivity index (χ0) is 20.4. The molecule has 1 amide bonds. The van der Waals surface area contributed by atoms with Gasteiger partial charge in [-0.15, -0.1) is 0 Å². The van der Waals surface area contributed by atoms with Crippen molar-refractivity contribution in [2.45, 2.75) is 6.92 Å². The van der Waals surface area contributed by atoms with Crippen molar-refractivity contribution in [3.05, 3.63) is 63.8 Å². The van der Waals surface area contributed by atoms with E-state index < -0.39 is 10.8 Å². The number of hydrogen-bond donors (Lipinski definition) is 1. The maximum atomic E-state index is 13.0. The summed E-state index contributed by atoms with van der Waals surface area (Å²) in [6.07, 6.45) is 1.36. The molecule has 0 aromatic heterocycles. The molecule has 0 atom stereocenters. The number of benzene rings is 2. The summed E-state index contributed by atoms with van der Waals surface area (Å²) in [5.41, 5.74) is 0.604. The minimum absolute atomic E-state index is 0.0286. The van der Waals surface area contributed by atoms with Crippen molar-refractivity contribution in [1.82, 2.24) is 4.90 Å². The number of nitro benzene ring substituents is 1. The molecule has 0 unspecified atom stereocenters. The molecular weight excluding hydrogens is 382 g/mol. The van der Waals surface area contributed by atoms with Gasteiger partial charge in [0.1, 0.15) is 5.70 Å². The van der Waals surface area contributed by atoms with Gasteiger partial charge < -0.3 is 14.7 Å². The van der Waals surface area contributed by atoms with Crippen molar-refractivity contribution in [2.75, 3.05) is 18.6 Å².